The number of H-pyrrole nitrogens is 1. The number of esters is 1. The standard InChI is InChI=1S/C26H34N3O10P/c1-6-26(34)22(31)20(38-24(26)29-13-12-21(30)27-25(29)33)15-36-40(35,39-18-10-8-7-9-11-18)28-19(14-16(2)3)23(32)37-17(4)5/h1,7-13,16-17,19-20,22,24,31,34H,14-15H2,2-5H3,(H,28,35)(H,27,30,33)/t19?,20-,22-,24-,26-,40?/m1/s1. The molecule has 0 aliphatic carbocycles. The summed E-state index contributed by atoms with van der Waals surface area (Å²) >= 11 is 0. The summed E-state index contributed by atoms with van der Waals surface area (Å²) in [6, 6.07) is 7.98. The number of ether oxygens (including phenoxy) is 2. The number of terminal acetylenes is 1. The number of rotatable bonds is 12. The van der Waals surface area contributed by atoms with E-state index in [2.05, 4.69) is 5.09 Å². The number of carbonyl (C=O) groups excluding carboxylic acids is 1. The summed E-state index contributed by atoms with van der Waals surface area (Å²) in [5.41, 5.74) is -4.06. The number of aromatic nitrogens is 2. The van der Waals surface area contributed by atoms with Crippen molar-refractivity contribution in [1.29, 1.82) is 0 Å². The summed E-state index contributed by atoms with van der Waals surface area (Å²) in [7, 11) is -4.38. The van der Waals surface area contributed by atoms with Gasteiger partial charge in [0.25, 0.3) is 5.56 Å². The van der Waals surface area contributed by atoms with E-state index in [1.807, 2.05) is 24.8 Å². The highest BCUT2D eigenvalue weighted by molar-refractivity contribution is 7.52. The molecular formula is C26H34N3O10P. The van der Waals surface area contributed by atoms with Gasteiger partial charge in [0.1, 0.15) is 24.0 Å². The first-order valence-electron chi connectivity index (χ1n) is 12.6. The number of nitrogens with zero attached hydrogens (tertiary/aromatic N) is 1. The predicted octanol–water partition coefficient (Wildman–Crippen LogP) is 1.32. The van der Waals surface area contributed by atoms with Crippen molar-refractivity contribution in [2.75, 3.05) is 6.61 Å². The summed E-state index contributed by atoms with van der Waals surface area (Å²) in [4.78, 5) is 38.6. The van der Waals surface area contributed by atoms with Crippen LogP contribution in [0.25, 0.3) is 0 Å². The van der Waals surface area contributed by atoms with E-state index in [0.717, 1.165) is 16.8 Å². The van der Waals surface area contributed by atoms with Crippen LogP contribution in [0.1, 0.15) is 40.3 Å². The van der Waals surface area contributed by atoms with Gasteiger partial charge in [-0.15, -0.1) is 6.42 Å². The first kappa shape index (κ1) is 31.3. The first-order chi connectivity index (χ1) is 18.8. The largest absolute Gasteiger partial charge is 0.462 e. The van der Waals surface area contributed by atoms with Gasteiger partial charge in [0.15, 0.2) is 11.8 Å². The zero-order valence-corrected chi connectivity index (χ0v) is 23.4. The molecule has 2 unspecified atom stereocenters. The Morgan fingerprint density at radius 2 is 1.93 bits per heavy atom. The van der Waals surface area contributed by atoms with Crippen LogP contribution in [0.15, 0.2) is 52.2 Å². The van der Waals surface area contributed by atoms with Crippen molar-refractivity contribution < 1.29 is 38.1 Å². The summed E-state index contributed by atoms with van der Waals surface area (Å²) in [5, 5.41) is 24.5. The molecule has 3 rings (SSSR count). The van der Waals surface area contributed by atoms with Crippen molar-refractivity contribution >= 4 is 13.7 Å². The molecule has 0 saturated carbocycles. The van der Waals surface area contributed by atoms with Crippen LogP contribution >= 0.6 is 7.75 Å². The van der Waals surface area contributed by atoms with Crippen molar-refractivity contribution in [3.63, 3.8) is 0 Å². The number of benzene rings is 1. The van der Waals surface area contributed by atoms with E-state index in [0.29, 0.717) is 0 Å². The summed E-state index contributed by atoms with van der Waals surface area (Å²) in [5.74, 6) is 1.51. The van der Waals surface area contributed by atoms with E-state index in [1.165, 1.54) is 12.1 Å². The van der Waals surface area contributed by atoms with E-state index in [4.69, 9.17) is 24.9 Å². The Morgan fingerprint density at radius 1 is 1.25 bits per heavy atom. The highest BCUT2D eigenvalue weighted by Crippen LogP contribution is 2.47. The first-order valence-corrected chi connectivity index (χ1v) is 14.1. The number of para-hydroxylation sites is 1. The van der Waals surface area contributed by atoms with Crippen molar-refractivity contribution in [1.82, 2.24) is 14.6 Å². The van der Waals surface area contributed by atoms with Crippen LogP contribution in [0, 0.1) is 18.3 Å². The Kier molecular flexibility index (Phi) is 10.1. The number of carbonyl (C=O) groups is 1. The Hall–Kier alpha value is -3.24. The molecule has 14 heteroatoms. The molecule has 40 heavy (non-hydrogen) atoms. The maximum absolute atomic E-state index is 14.0. The van der Waals surface area contributed by atoms with Crippen LogP contribution < -0.4 is 20.9 Å². The van der Waals surface area contributed by atoms with Crippen LogP contribution in [0.3, 0.4) is 0 Å². The Bertz CT molecular complexity index is 1370. The molecule has 1 saturated heterocycles. The highest BCUT2D eigenvalue weighted by atomic mass is 31.2. The van der Waals surface area contributed by atoms with E-state index in [9.17, 15) is 29.2 Å². The van der Waals surface area contributed by atoms with Gasteiger partial charge in [-0.2, -0.15) is 5.09 Å². The SMILES string of the molecule is C#C[C@@]1(O)[C@H](O)[C@@H](COP(=O)(NC(CC(C)C)C(=O)OC(C)C)Oc2ccccc2)O[C@H]1n1ccc(=O)[nH]c1=O. The molecule has 0 spiro atoms. The molecule has 2 heterocycles. The smallest absolute Gasteiger partial charge is 0.459 e. The maximum atomic E-state index is 14.0. The second-order valence-corrected chi connectivity index (χ2v) is 11.6. The molecule has 0 amide bonds. The van der Waals surface area contributed by atoms with Gasteiger partial charge in [0.2, 0.25) is 0 Å². The second-order valence-electron chi connectivity index (χ2n) is 9.95. The fourth-order valence-electron chi connectivity index (χ4n) is 4.01. The second kappa shape index (κ2) is 13.0. The topological polar surface area (TPSA) is 178 Å². The van der Waals surface area contributed by atoms with Gasteiger partial charge in [-0.1, -0.05) is 38.0 Å². The number of aliphatic hydroxyl groups is 2. The van der Waals surface area contributed by atoms with Gasteiger partial charge in [-0.25, -0.2) is 9.36 Å². The number of hydrogen-bond donors (Lipinski definition) is 4. The number of nitrogens with one attached hydrogen (secondary N) is 2. The van der Waals surface area contributed by atoms with Gasteiger partial charge in [-0.05, 0) is 38.3 Å². The molecule has 1 aliphatic rings. The lowest BCUT2D eigenvalue weighted by Gasteiger charge is -2.27. The number of hydrogen-bond acceptors (Lipinski definition) is 10. The molecule has 4 N–H and O–H groups in total. The fourth-order valence-corrected chi connectivity index (χ4v) is 5.52. The zero-order chi connectivity index (χ0) is 29.7. The minimum Gasteiger partial charge on any atom is -0.462 e. The average Bonchev–Trinajstić information content (AvgIpc) is 3.12. The van der Waals surface area contributed by atoms with E-state index in [1.54, 1.807) is 32.0 Å². The minimum atomic E-state index is -4.38. The van der Waals surface area contributed by atoms with Crippen LogP contribution in [0.5, 0.6) is 5.75 Å². The molecule has 0 bridgehead atoms. The molecule has 1 fully saturated rings. The lowest BCUT2D eigenvalue weighted by atomic mass is 9.95. The van der Waals surface area contributed by atoms with Gasteiger partial charge < -0.3 is 24.2 Å². The third kappa shape index (κ3) is 7.48. The molecule has 218 valence electrons. The predicted molar refractivity (Wildman–Crippen MR) is 143 cm³/mol. The minimum absolute atomic E-state index is 0.00982. The van der Waals surface area contributed by atoms with Crippen molar-refractivity contribution in [2.45, 2.75) is 70.3 Å². The van der Waals surface area contributed by atoms with Crippen LogP contribution in [-0.2, 0) is 23.4 Å². The van der Waals surface area contributed by atoms with Crippen molar-refractivity contribution in [3.8, 4) is 18.1 Å². The molecule has 2 aromatic rings. The lowest BCUT2D eigenvalue weighted by molar-refractivity contribution is -0.150. The Morgan fingerprint density at radius 3 is 2.50 bits per heavy atom. The van der Waals surface area contributed by atoms with Crippen LogP contribution in [-0.4, -0.2) is 62.3 Å². The normalized spacial score (nSPS) is 24.8. The van der Waals surface area contributed by atoms with Gasteiger partial charge in [0.05, 0.1) is 12.7 Å². The summed E-state index contributed by atoms with van der Waals surface area (Å²) in [6.07, 6.45) is 1.48. The Balaban J connectivity index is 1.89. The average molecular weight is 580 g/mol. The van der Waals surface area contributed by atoms with Gasteiger partial charge in [-0.3, -0.25) is 23.7 Å². The molecule has 13 nitrogen and oxygen atoms in total. The zero-order valence-electron chi connectivity index (χ0n) is 22.6. The molecule has 1 aromatic carbocycles. The highest BCUT2D eigenvalue weighted by Gasteiger charge is 2.56. The monoisotopic (exact) mass is 579 g/mol. The van der Waals surface area contributed by atoms with Crippen LogP contribution in [0.4, 0.5) is 0 Å². The summed E-state index contributed by atoms with van der Waals surface area (Å²) in [6.45, 7) is 6.43. The maximum Gasteiger partial charge on any atom is 0.459 e. The number of aromatic amines is 1. The molecule has 6 atom stereocenters. The molecule has 0 radical (unpaired) electrons. The van der Waals surface area contributed by atoms with Gasteiger partial charge >= 0.3 is 19.4 Å². The van der Waals surface area contributed by atoms with Gasteiger partial charge in [0, 0.05) is 12.3 Å². The third-order valence-corrected chi connectivity index (χ3v) is 7.42. The van der Waals surface area contributed by atoms with E-state index in [-0.39, 0.29) is 18.1 Å². The number of aliphatic hydroxyl groups excluding tert-OH is 1. The van der Waals surface area contributed by atoms with Crippen molar-refractivity contribution in [3.05, 3.63) is 63.4 Å². The molecule has 1 aromatic heterocycles. The Labute approximate surface area is 231 Å². The van der Waals surface area contributed by atoms with E-state index < -0.39 is 67.8 Å². The third-order valence-electron chi connectivity index (χ3n) is 5.85. The summed E-state index contributed by atoms with van der Waals surface area (Å²) < 4.78 is 37.1. The molecule has 1 aliphatic heterocycles. The fraction of sp³-hybridized carbons (Fsp3) is 0.500. The lowest BCUT2D eigenvalue weighted by Crippen LogP contribution is -2.48. The van der Waals surface area contributed by atoms with Crippen molar-refractivity contribution in [2.24, 2.45) is 5.92 Å². The quantitative estimate of drug-likeness (QED) is 0.162. The van der Waals surface area contributed by atoms with E-state index >= 15 is 0 Å². The molecular weight excluding hydrogens is 545 g/mol. The van der Waals surface area contributed by atoms with Crippen LogP contribution in [0.2, 0.25) is 0 Å².